The molecular weight excluding hydrogens is 389 g/mol. The monoisotopic (exact) mass is 399 g/mol. The lowest BCUT2D eigenvalue weighted by Gasteiger charge is -2.44. The molecule has 1 aromatic carbocycles. The van der Waals surface area contributed by atoms with Gasteiger partial charge in [0.1, 0.15) is 22.7 Å². The molecule has 23 heavy (non-hydrogen) atoms. The van der Waals surface area contributed by atoms with Crippen LogP contribution in [0.2, 0.25) is 5.15 Å². The van der Waals surface area contributed by atoms with E-state index in [1.807, 2.05) is 12.1 Å². The van der Waals surface area contributed by atoms with E-state index in [0.717, 1.165) is 10.0 Å². The predicted molar refractivity (Wildman–Crippen MR) is 86.1 cm³/mol. The van der Waals surface area contributed by atoms with Crippen molar-refractivity contribution in [3.05, 3.63) is 51.0 Å². The number of nitrogens with one attached hydrogen (secondary N) is 1. The second-order valence-electron chi connectivity index (χ2n) is 5.47. The molecule has 0 aliphatic carbocycles. The summed E-state index contributed by atoms with van der Waals surface area (Å²) in [4.78, 5) is 3.63. The zero-order chi connectivity index (χ0) is 16.2. The van der Waals surface area contributed by atoms with Crippen molar-refractivity contribution in [1.29, 1.82) is 0 Å². The highest BCUT2D eigenvalue weighted by atomic mass is 79.9. The van der Waals surface area contributed by atoms with E-state index in [9.17, 15) is 4.39 Å². The number of rotatable bonds is 0. The fourth-order valence-corrected chi connectivity index (χ4v) is 3.63. The van der Waals surface area contributed by atoms with Crippen molar-refractivity contribution in [2.45, 2.75) is 11.8 Å². The molecule has 2 atom stereocenters. The lowest BCUT2D eigenvalue weighted by atomic mass is 9.82. The summed E-state index contributed by atoms with van der Waals surface area (Å²) in [7, 11) is 0. The van der Waals surface area contributed by atoms with Gasteiger partial charge in [-0.3, -0.25) is 0 Å². The number of pyridine rings is 1. The molecule has 1 fully saturated rings. The van der Waals surface area contributed by atoms with Crippen molar-refractivity contribution in [3.63, 3.8) is 0 Å². The molecule has 2 aliphatic rings. The van der Waals surface area contributed by atoms with Gasteiger partial charge in [-0.2, -0.15) is 4.39 Å². The normalized spacial score (nSPS) is 25.7. The number of fused-ring (bicyclic) bond motifs is 4. The Labute approximate surface area is 145 Å². The largest absolute Gasteiger partial charge is 0.452 e. The minimum Gasteiger partial charge on any atom is -0.452 e. The van der Waals surface area contributed by atoms with E-state index in [4.69, 9.17) is 26.8 Å². The zero-order valence-electron chi connectivity index (χ0n) is 11.8. The molecule has 0 bridgehead atoms. The van der Waals surface area contributed by atoms with E-state index >= 15 is 0 Å². The highest BCUT2D eigenvalue weighted by Crippen LogP contribution is 2.51. The molecule has 0 radical (unpaired) electrons. The number of nitrogens with zero attached hydrogens (tertiary/aromatic N) is 1. The molecule has 3 heterocycles. The lowest BCUT2D eigenvalue weighted by molar-refractivity contribution is -0.0974. The van der Waals surface area contributed by atoms with Crippen LogP contribution < -0.4 is 15.8 Å². The molecule has 1 saturated heterocycles. The Kier molecular flexibility index (Phi) is 3.58. The number of nitrogens with two attached hydrogens (primary N) is 1. The van der Waals surface area contributed by atoms with Crippen molar-refractivity contribution in [2.24, 2.45) is 5.73 Å². The molecule has 5 nitrogen and oxygen atoms in total. The van der Waals surface area contributed by atoms with E-state index in [2.05, 4.69) is 26.2 Å². The van der Waals surface area contributed by atoms with Crippen LogP contribution >= 0.6 is 27.5 Å². The minimum absolute atomic E-state index is 0.0140. The van der Waals surface area contributed by atoms with Gasteiger partial charge in [0.15, 0.2) is 5.75 Å². The van der Waals surface area contributed by atoms with Crippen molar-refractivity contribution < 1.29 is 13.9 Å². The molecule has 3 N–H and O–H groups in total. The van der Waals surface area contributed by atoms with Crippen LogP contribution in [-0.2, 0) is 10.3 Å². The first-order chi connectivity index (χ1) is 11.0. The van der Waals surface area contributed by atoms with Crippen LogP contribution in [0.15, 0.2) is 28.7 Å². The van der Waals surface area contributed by atoms with Gasteiger partial charge in [0.05, 0.1) is 0 Å². The summed E-state index contributed by atoms with van der Waals surface area (Å²) < 4.78 is 27.0. The summed E-state index contributed by atoms with van der Waals surface area (Å²) in [5.74, 6) is -0.261. The van der Waals surface area contributed by atoms with Crippen LogP contribution in [0, 0.1) is 5.95 Å². The average Bonchev–Trinajstić information content (AvgIpc) is 2.50. The Hall–Kier alpha value is -1.25. The Morgan fingerprint density at radius 2 is 2.22 bits per heavy atom. The van der Waals surface area contributed by atoms with Gasteiger partial charge >= 0.3 is 0 Å². The van der Waals surface area contributed by atoms with E-state index < -0.39 is 17.8 Å². The number of aromatic nitrogens is 1. The van der Waals surface area contributed by atoms with Gasteiger partial charge in [-0.1, -0.05) is 27.5 Å². The fraction of sp³-hybridized carbons (Fsp3) is 0.267. The molecule has 1 aromatic heterocycles. The van der Waals surface area contributed by atoms with Crippen molar-refractivity contribution >= 4 is 27.5 Å². The van der Waals surface area contributed by atoms with Gasteiger partial charge in [-0.05, 0) is 24.3 Å². The SMILES string of the molecule is NC1CNCC2(O1)c1cc(Br)ccc1Oc1c2cc(Cl)nc1F. The number of halogens is 3. The van der Waals surface area contributed by atoms with E-state index in [-0.39, 0.29) is 10.9 Å². The van der Waals surface area contributed by atoms with E-state index in [1.165, 1.54) is 0 Å². The Morgan fingerprint density at radius 3 is 3.00 bits per heavy atom. The van der Waals surface area contributed by atoms with Crippen LogP contribution in [0.25, 0.3) is 0 Å². The third-order valence-electron chi connectivity index (χ3n) is 4.00. The maximum atomic E-state index is 14.3. The van der Waals surface area contributed by atoms with Gasteiger partial charge < -0.3 is 20.5 Å². The first-order valence-corrected chi connectivity index (χ1v) is 8.15. The summed E-state index contributed by atoms with van der Waals surface area (Å²) in [6.45, 7) is 0.920. The quantitative estimate of drug-likeness (QED) is 0.666. The molecule has 2 unspecified atom stereocenters. The van der Waals surface area contributed by atoms with Gasteiger partial charge in [-0.25, -0.2) is 4.98 Å². The summed E-state index contributed by atoms with van der Waals surface area (Å²) in [5.41, 5.74) is 6.23. The van der Waals surface area contributed by atoms with Gasteiger partial charge in [-0.15, -0.1) is 0 Å². The molecule has 120 valence electrons. The molecule has 4 rings (SSSR count). The Balaban J connectivity index is 2.02. The number of benzene rings is 1. The molecular formula is C15H12BrClFN3O2. The van der Waals surface area contributed by atoms with Crippen LogP contribution in [0.3, 0.4) is 0 Å². The van der Waals surface area contributed by atoms with Crippen molar-refractivity contribution in [3.8, 4) is 11.5 Å². The van der Waals surface area contributed by atoms with E-state index in [1.54, 1.807) is 12.1 Å². The topological polar surface area (TPSA) is 69.4 Å². The van der Waals surface area contributed by atoms with Gasteiger partial charge in [0.2, 0.25) is 0 Å². The smallest absolute Gasteiger partial charge is 0.257 e. The van der Waals surface area contributed by atoms with Crippen LogP contribution in [-0.4, -0.2) is 24.3 Å². The van der Waals surface area contributed by atoms with Crippen LogP contribution in [0.1, 0.15) is 11.1 Å². The summed E-state index contributed by atoms with van der Waals surface area (Å²) in [5, 5.41) is 3.26. The first-order valence-electron chi connectivity index (χ1n) is 6.98. The number of ether oxygens (including phenoxy) is 2. The Morgan fingerprint density at radius 1 is 1.39 bits per heavy atom. The highest BCUT2D eigenvalue weighted by molar-refractivity contribution is 9.10. The van der Waals surface area contributed by atoms with Gasteiger partial charge in [0.25, 0.3) is 5.95 Å². The predicted octanol–water partition coefficient (Wildman–Crippen LogP) is 2.89. The molecule has 2 aliphatic heterocycles. The standard InChI is InChI=1S/C15H12BrClFN3O2/c16-7-1-2-10-8(3-7)15(6-20-5-12(19)23-15)9-4-11(17)21-14(18)13(9)22-10/h1-4,12,20H,5-6,19H2. The third kappa shape index (κ3) is 2.35. The second-order valence-corrected chi connectivity index (χ2v) is 6.77. The second kappa shape index (κ2) is 5.39. The zero-order valence-corrected chi connectivity index (χ0v) is 14.1. The lowest BCUT2D eigenvalue weighted by Crippen LogP contribution is -2.56. The number of morpholine rings is 1. The first kappa shape index (κ1) is 15.3. The average molecular weight is 401 g/mol. The summed E-state index contributed by atoms with van der Waals surface area (Å²) >= 11 is 9.41. The van der Waals surface area contributed by atoms with E-state index in [0.29, 0.717) is 24.4 Å². The molecule has 2 aromatic rings. The van der Waals surface area contributed by atoms with Gasteiger partial charge in [0, 0.05) is 28.7 Å². The number of hydrogen-bond donors (Lipinski definition) is 2. The Bertz CT molecular complexity index is 807. The molecule has 0 amide bonds. The molecule has 8 heteroatoms. The molecule has 1 spiro atoms. The maximum Gasteiger partial charge on any atom is 0.257 e. The van der Waals surface area contributed by atoms with Crippen LogP contribution in [0.4, 0.5) is 4.39 Å². The van der Waals surface area contributed by atoms with Crippen LogP contribution in [0.5, 0.6) is 11.5 Å². The highest BCUT2D eigenvalue weighted by Gasteiger charge is 2.48. The minimum atomic E-state index is -0.988. The number of hydrogen-bond acceptors (Lipinski definition) is 5. The fourth-order valence-electron chi connectivity index (χ4n) is 3.08. The summed E-state index contributed by atoms with van der Waals surface area (Å²) in [6, 6.07) is 7.00. The third-order valence-corrected chi connectivity index (χ3v) is 4.68. The summed E-state index contributed by atoms with van der Waals surface area (Å²) in [6.07, 6.45) is -0.545. The van der Waals surface area contributed by atoms with Crippen molar-refractivity contribution in [1.82, 2.24) is 10.3 Å². The van der Waals surface area contributed by atoms with Crippen molar-refractivity contribution in [2.75, 3.05) is 13.1 Å². The molecule has 0 saturated carbocycles. The maximum absolute atomic E-state index is 14.3.